The third kappa shape index (κ3) is 3.10. The Labute approximate surface area is 151 Å². The lowest BCUT2D eigenvalue weighted by molar-refractivity contribution is 0.0732. The van der Waals surface area contributed by atoms with Crippen LogP contribution in [0.15, 0.2) is 35.0 Å². The van der Waals surface area contributed by atoms with E-state index in [-0.39, 0.29) is 0 Å². The van der Waals surface area contributed by atoms with E-state index < -0.39 is 5.97 Å². The van der Waals surface area contributed by atoms with E-state index in [9.17, 15) is 4.79 Å². The molecular weight excluding hydrogens is 330 g/mol. The van der Waals surface area contributed by atoms with Crippen molar-refractivity contribution in [2.45, 2.75) is 39.5 Å². The molecule has 1 saturated carbocycles. The Morgan fingerprint density at radius 3 is 2.50 bits per heavy atom. The van der Waals surface area contributed by atoms with Crippen LogP contribution in [0.4, 0.5) is 0 Å². The molecule has 0 bridgehead atoms. The third-order valence-electron chi connectivity index (χ3n) is 4.51. The number of rotatable bonds is 4. The van der Waals surface area contributed by atoms with Gasteiger partial charge in [0, 0.05) is 17.7 Å². The van der Waals surface area contributed by atoms with Crippen LogP contribution in [-0.2, 0) is 0 Å². The van der Waals surface area contributed by atoms with Crippen molar-refractivity contribution in [1.82, 2.24) is 15.1 Å². The van der Waals surface area contributed by atoms with E-state index in [1.807, 2.05) is 32.9 Å². The number of hydrogen-bond acceptors (Lipinski definition) is 6. The minimum atomic E-state index is -0.419. The van der Waals surface area contributed by atoms with Crippen LogP contribution in [0, 0.1) is 20.8 Å². The summed E-state index contributed by atoms with van der Waals surface area (Å²) in [5.74, 6) is 1.84. The van der Waals surface area contributed by atoms with Gasteiger partial charge in [-0.25, -0.2) is 14.8 Å². The Hall–Kier alpha value is -3.02. The lowest BCUT2D eigenvalue weighted by atomic mass is 10.0. The van der Waals surface area contributed by atoms with E-state index in [1.165, 1.54) is 0 Å². The van der Waals surface area contributed by atoms with Crippen LogP contribution < -0.4 is 4.74 Å². The SMILES string of the molecule is Cc1ncc(C(=O)Oc2ccc(-c3c(C)noc3C)cc2)c(C2CC2)n1. The number of aromatic nitrogens is 3. The molecule has 0 N–H and O–H groups in total. The summed E-state index contributed by atoms with van der Waals surface area (Å²) >= 11 is 0. The topological polar surface area (TPSA) is 78.1 Å². The number of carbonyl (C=O) groups is 1. The first-order chi connectivity index (χ1) is 12.5. The molecule has 0 unspecified atom stereocenters. The second-order valence-corrected chi connectivity index (χ2v) is 6.60. The maximum Gasteiger partial charge on any atom is 0.346 e. The summed E-state index contributed by atoms with van der Waals surface area (Å²) in [5, 5.41) is 3.97. The van der Waals surface area contributed by atoms with Crippen molar-refractivity contribution in [2.75, 3.05) is 0 Å². The smallest absolute Gasteiger partial charge is 0.346 e. The zero-order valence-electron chi connectivity index (χ0n) is 14.9. The Morgan fingerprint density at radius 1 is 1.15 bits per heavy atom. The summed E-state index contributed by atoms with van der Waals surface area (Å²) in [6, 6.07) is 7.32. The fraction of sp³-hybridized carbons (Fsp3) is 0.300. The molecule has 132 valence electrons. The minimum absolute atomic E-state index is 0.348. The summed E-state index contributed by atoms with van der Waals surface area (Å²) in [6.45, 7) is 5.60. The highest BCUT2D eigenvalue weighted by molar-refractivity contribution is 5.92. The molecule has 4 rings (SSSR count). The summed E-state index contributed by atoms with van der Waals surface area (Å²) in [5.41, 5.74) is 4.02. The molecule has 3 aromatic rings. The first kappa shape index (κ1) is 16.4. The largest absolute Gasteiger partial charge is 0.423 e. The van der Waals surface area contributed by atoms with E-state index in [2.05, 4.69) is 15.1 Å². The molecule has 0 radical (unpaired) electrons. The van der Waals surface area contributed by atoms with E-state index in [0.717, 1.165) is 41.1 Å². The Balaban J connectivity index is 1.56. The molecular formula is C20H19N3O3. The molecule has 1 aliphatic carbocycles. The number of esters is 1. The molecule has 1 fully saturated rings. The molecule has 6 heteroatoms. The molecule has 2 heterocycles. The molecule has 26 heavy (non-hydrogen) atoms. The van der Waals surface area contributed by atoms with Crippen LogP contribution in [0.2, 0.25) is 0 Å². The van der Waals surface area contributed by atoms with Crippen LogP contribution in [0.25, 0.3) is 11.1 Å². The van der Waals surface area contributed by atoms with Gasteiger partial charge in [0.1, 0.15) is 22.9 Å². The van der Waals surface area contributed by atoms with Gasteiger partial charge in [-0.05, 0) is 51.3 Å². The fourth-order valence-electron chi connectivity index (χ4n) is 3.06. The van der Waals surface area contributed by atoms with Gasteiger partial charge < -0.3 is 9.26 Å². The number of hydrogen-bond donors (Lipinski definition) is 0. The highest BCUT2D eigenvalue weighted by atomic mass is 16.5. The van der Waals surface area contributed by atoms with Gasteiger partial charge in [0.25, 0.3) is 0 Å². The van der Waals surface area contributed by atoms with Gasteiger partial charge in [-0.2, -0.15) is 0 Å². The van der Waals surface area contributed by atoms with Crippen molar-refractivity contribution in [2.24, 2.45) is 0 Å². The van der Waals surface area contributed by atoms with Crippen LogP contribution in [-0.4, -0.2) is 21.1 Å². The summed E-state index contributed by atoms with van der Waals surface area (Å²) in [4.78, 5) is 21.2. The fourth-order valence-corrected chi connectivity index (χ4v) is 3.06. The summed E-state index contributed by atoms with van der Waals surface area (Å²) in [7, 11) is 0. The molecule has 2 aromatic heterocycles. The van der Waals surface area contributed by atoms with Crippen molar-refractivity contribution in [3.8, 4) is 16.9 Å². The number of benzene rings is 1. The standard InChI is InChI=1S/C20H19N3O3/c1-11-18(12(2)26-23-11)14-6-8-16(9-7-14)25-20(24)17-10-21-13(3)22-19(17)15-4-5-15/h6-10,15H,4-5H2,1-3H3. The average Bonchev–Trinajstić information content (AvgIpc) is 3.41. The second kappa shape index (κ2) is 6.37. The summed E-state index contributed by atoms with van der Waals surface area (Å²) in [6.07, 6.45) is 3.68. The first-order valence-corrected chi connectivity index (χ1v) is 8.62. The predicted molar refractivity (Wildman–Crippen MR) is 95.1 cm³/mol. The van der Waals surface area contributed by atoms with E-state index in [0.29, 0.717) is 23.1 Å². The van der Waals surface area contributed by atoms with Crippen molar-refractivity contribution in [3.63, 3.8) is 0 Å². The number of aryl methyl sites for hydroxylation is 3. The maximum atomic E-state index is 12.6. The molecule has 0 saturated heterocycles. The monoisotopic (exact) mass is 349 g/mol. The molecule has 1 aromatic carbocycles. The van der Waals surface area contributed by atoms with Crippen molar-refractivity contribution < 1.29 is 14.1 Å². The van der Waals surface area contributed by atoms with Crippen molar-refractivity contribution in [3.05, 3.63) is 59.0 Å². The van der Waals surface area contributed by atoms with Crippen LogP contribution >= 0.6 is 0 Å². The maximum absolute atomic E-state index is 12.6. The van der Waals surface area contributed by atoms with E-state index in [1.54, 1.807) is 18.3 Å². The van der Waals surface area contributed by atoms with Crippen molar-refractivity contribution in [1.29, 1.82) is 0 Å². The Kier molecular flexibility index (Phi) is 4.03. The number of nitrogens with zero attached hydrogens (tertiary/aromatic N) is 3. The quantitative estimate of drug-likeness (QED) is 0.520. The van der Waals surface area contributed by atoms with Crippen LogP contribution in [0.3, 0.4) is 0 Å². The van der Waals surface area contributed by atoms with Crippen molar-refractivity contribution >= 4 is 5.97 Å². The molecule has 1 aliphatic rings. The molecule has 6 nitrogen and oxygen atoms in total. The highest BCUT2D eigenvalue weighted by Gasteiger charge is 2.31. The number of ether oxygens (including phenoxy) is 1. The Morgan fingerprint density at radius 2 is 1.88 bits per heavy atom. The van der Waals surface area contributed by atoms with E-state index >= 15 is 0 Å². The van der Waals surface area contributed by atoms with Crippen LogP contribution in [0.5, 0.6) is 5.75 Å². The number of carbonyl (C=O) groups excluding carboxylic acids is 1. The van der Waals surface area contributed by atoms with Gasteiger partial charge in [0.2, 0.25) is 0 Å². The second-order valence-electron chi connectivity index (χ2n) is 6.60. The Bertz CT molecular complexity index is 953. The van der Waals surface area contributed by atoms with Gasteiger partial charge in [0.15, 0.2) is 0 Å². The average molecular weight is 349 g/mol. The van der Waals surface area contributed by atoms with Gasteiger partial charge in [-0.1, -0.05) is 17.3 Å². The van der Waals surface area contributed by atoms with E-state index in [4.69, 9.17) is 9.26 Å². The first-order valence-electron chi connectivity index (χ1n) is 8.62. The van der Waals surface area contributed by atoms with Gasteiger partial charge >= 0.3 is 5.97 Å². The van der Waals surface area contributed by atoms with Gasteiger partial charge in [0.05, 0.1) is 11.4 Å². The van der Waals surface area contributed by atoms with Gasteiger partial charge in [-0.3, -0.25) is 0 Å². The molecule has 0 amide bonds. The highest BCUT2D eigenvalue weighted by Crippen LogP contribution is 2.40. The third-order valence-corrected chi connectivity index (χ3v) is 4.51. The van der Waals surface area contributed by atoms with Gasteiger partial charge in [-0.15, -0.1) is 0 Å². The minimum Gasteiger partial charge on any atom is -0.423 e. The molecule has 0 aliphatic heterocycles. The molecule has 0 atom stereocenters. The molecule has 0 spiro atoms. The lowest BCUT2D eigenvalue weighted by Crippen LogP contribution is -2.13. The summed E-state index contributed by atoms with van der Waals surface area (Å²) < 4.78 is 10.7. The van der Waals surface area contributed by atoms with Crippen LogP contribution in [0.1, 0.15) is 52.1 Å². The normalized spacial score (nSPS) is 13.7. The zero-order chi connectivity index (χ0) is 18.3. The zero-order valence-corrected chi connectivity index (χ0v) is 14.9. The predicted octanol–water partition coefficient (Wildman–Crippen LogP) is 4.15. The lowest BCUT2D eigenvalue weighted by Gasteiger charge is -2.09.